The van der Waals surface area contributed by atoms with Gasteiger partial charge in [0.1, 0.15) is 12.4 Å². The summed E-state index contributed by atoms with van der Waals surface area (Å²) in [6, 6.07) is 6.51. The maximum atomic E-state index is 11.5. The van der Waals surface area contributed by atoms with Crippen LogP contribution in [0.15, 0.2) is 36.4 Å². The molecule has 0 aliphatic rings. The first kappa shape index (κ1) is 15.2. The molecule has 0 saturated carbocycles. The fraction of sp³-hybridized carbons (Fsp3) is 0.286. The van der Waals surface area contributed by atoms with Gasteiger partial charge in [-0.1, -0.05) is 29.8 Å². The third-order valence-corrected chi connectivity index (χ3v) is 2.37. The monoisotopic (exact) mass is 282 g/mol. The number of halogens is 1. The highest BCUT2D eigenvalue weighted by molar-refractivity contribution is 6.30. The minimum Gasteiger partial charge on any atom is -0.461 e. The number of esters is 2. The van der Waals surface area contributed by atoms with Crippen molar-refractivity contribution in [3.63, 3.8) is 0 Å². The molecule has 0 amide bonds. The van der Waals surface area contributed by atoms with Crippen LogP contribution in [-0.2, 0) is 14.3 Å². The predicted molar refractivity (Wildman–Crippen MR) is 72.1 cm³/mol. The molecule has 1 aromatic rings. The summed E-state index contributed by atoms with van der Waals surface area (Å²) in [6.45, 7) is 2.05. The molecule has 0 bridgehead atoms. The molecule has 0 unspecified atom stereocenters. The summed E-state index contributed by atoms with van der Waals surface area (Å²) in [5.74, 6) is -0.564. The molecule has 19 heavy (non-hydrogen) atoms. The second-order valence-corrected chi connectivity index (χ2v) is 4.12. The van der Waals surface area contributed by atoms with Crippen LogP contribution in [0.3, 0.4) is 0 Å². The molecular formula is C14H15ClO4. The molecule has 1 rings (SSSR count). The lowest BCUT2D eigenvalue weighted by Gasteiger charge is -2.04. The second-order valence-electron chi connectivity index (χ2n) is 3.68. The minimum atomic E-state index is -0.495. The number of allylic oxidation sites excluding steroid dienone is 1. The Morgan fingerprint density at radius 3 is 2.68 bits per heavy atom. The molecule has 0 atom stereocenters. The van der Waals surface area contributed by atoms with Gasteiger partial charge >= 0.3 is 11.9 Å². The SMILES string of the molecule is C/C=C/COC(=O)CCC(=O)Oc1cccc(Cl)c1. The lowest BCUT2D eigenvalue weighted by molar-refractivity contribution is -0.145. The van der Waals surface area contributed by atoms with Crippen molar-refractivity contribution >= 4 is 23.5 Å². The van der Waals surface area contributed by atoms with Gasteiger partial charge in [0, 0.05) is 5.02 Å². The molecule has 0 aliphatic heterocycles. The van der Waals surface area contributed by atoms with Crippen LogP contribution in [0, 0.1) is 0 Å². The smallest absolute Gasteiger partial charge is 0.311 e. The largest absolute Gasteiger partial charge is 0.461 e. The molecule has 5 heteroatoms. The Kier molecular flexibility index (Phi) is 6.68. The fourth-order valence-corrected chi connectivity index (χ4v) is 1.41. The van der Waals surface area contributed by atoms with Crippen LogP contribution in [0.1, 0.15) is 19.8 Å². The van der Waals surface area contributed by atoms with Gasteiger partial charge in [-0.15, -0.1) is 0 Å². The van der Waals surface area contributed by atoms with Crippen LogP contribution in [-0.4, -0.2) is 18.5 Å². The Morgan fingerprint density at radius 1 is 1.26 bits per heavy atom. The van der Waals surface area contributed by atoms with Crippen LogP contribution < -0.4 is 4.74 Å². The third-order valence-electron chi connectivity index (χ3n) is 2.14. The number of carbonyl (C=O) groups is 2. The zero-order valence-electron chi connectivity index (χ0n) is 10.6. The third kappa shape index (κ3) is 6.62. The number of hydrogen-bond donors (Lipinski definition) is 0. The van der Waals surface area contributed by atoms with E-state index in [0.29, 0.717) is 10.8 Å². The maximum Gasteiger partial charge on any atom is 0.311 e. The van der Waals surface area contributed by atoms with E-state index < -0.39 is 11.9 Å². The first-order valence-electron chi connectivity index (χ1n) is 5.85. The van der Waals surface area contributed by atoms with Gasteiger partial charge in [0.05, 0.1) is 12.8 Å². The highest BCUT2D eigenvalue weighted by Crippen LogP contribution is 2.17. The van der Waals surface area contributed by atoms with Crippen molar-refractivity contribution in [3.05, 3.63) is 41.4 Å². The van der Waals surface area contributed by atoms with Crippen LogP contribution in [0.2, 0.25) is 5.02 Å². The van der Waals surface area contributed by atoms with E-state index in [-0.39, 0.29) is 19.4 Å². The van der Waals surface area contributed by atoms with Crippen molar-refractivity contribution < 1.29 is 19.1 Å². The van der Waals surface area contributed by atoms with E-state index in [9.17, 15) is 9.59 Å². The molecule has 0 aliphatic carbocycles. The van der Waals surface area contributed by atoms with Crippen molar-refractivity contribution in [2.45, 2.75) is 19.8 Å². The van der Waals surface area contributed by atoms with E-state index in [2.05, 4.69) is 0 Å². The second kappa shape index (κ2) is 8.32. The van der Waals surface area contributed by atoms with Gasteiger partial charge in [0.2, 0.25) is 0 Å². The van der Waals surface area contributed by atoms with Gasteiger partial charge < -0.3 is 9.47 Å². The predicted octanol–water partition coefficient (Wildman–Crippen LogP) is 3.14. The van der Waals surface area contributed by atoms with Crippen molar-refractivity contribution in [1.82, 2.24) is 0 Å². The van der Waals surface area contributed by atoms with Crippen LogP contribution in [0.25, 0.3) is 0 Å². The lowest BCUT2D eigenvalue weighted by Crippen LogP contribution is -2.12. The van der Waals surface area contributed by atoms with Gasteiger partial charge in [-0.25, -0.2) is 0 Å². The molecule has 0 heterocycles. The Hall–Kier alpha value is -1.81. The molecule has 0 N–H and O–H groups in total. The highest BCUT2D eigenvalue weighted by atomic mass is 35.5. The number of hydrogen-bond acceptors (Lipinski definition) is 4. The summed E-state index contributed by atoms with van der Waals surface area (Å²) in [5, 5.41) is 0.482. The fourth-order valence-electron chi connectivity index (χ4n) is 1.23. The van der Waals surface area contributed by atoms with Gasteiger partial charge in [-0.2, -0.15) is 0 Å². The first-order chi connectivity index (χ1) is 9.11. The molecule has 0 aromatic heterocycles. The van der Waals surface area contributed by atoms with E-state index in [1.54, 1.807) is 30.4 Å². The summed E-state index contributed by atoms with van der Waals surface area (Å²) in [6.07, 6.45) is 3.46. The molecule has 0 saturated heterocycles. The van der Waals surface area contributed by atoms with Crippen molar-refractivity contribution in [1.29, 1.82) is 0 Å². The topological polar surface area (TPSA) is 52.6 Å². The average molecular weight is 283 g/mol. The minimum absolute atomic E-state index is 0.00302. The molecule has 102 valence electrons. The Morgan fingerprint density at radius 2 is 2.00 bits per heavy atom. The number of ether oxygens (including phenoxy) is 2. The standard InChI is InChI=1S/C14H15ClO4/c1-2-3-9-18-13(16)7-8-14(17)19-12-6-4-5-11(15)10-12/h2-6,10H,7-9H2,1H3/b3-2+. The normalized spacial score (nSPS) is 10.4. The Bertz CT molecular complexity index is 468. The molecule has 4 nitrogen and oxygen atoms in total. The van der Waals surface area contributed by atoms with Crippen LogP contribution in [0.5, 0.6) is 5.75 Å². The van der Waals surface area contributed by atoms with Gasteiger partial charge in [-0.3, -0.25) is 9.59 Å². The van der Waals surface area contributed by atoms with Crippen molar-refractivity contribution in [2.24, 2.45) is 0 Å². The van der Waals surface area contributed by atoms with E-state index in [1.807, 2.05) is 6.92 Å². The first-order valence-corrected chi connectivity index (χ1v) is 6.22. The summed E-state index contributed by atoms with van der Waals surface area (Å²) >= 11 is 5.75. The average Bonchev–Trinajstić information content (AvgIpc) is 2.37. The van der Waals surface area contributed by atoms with E-state index in [4.69, 9.17) is 21.1 Å². The molecular weight excluding hydrogens is 268 g/mol. The van der Waals surface area contributed by atoms with Crippen LogP contribution in [0.4, 0.5) is 0 Å². The molecule has 0 fully saturated rings. The quantitative estimate of drug-likeness (QED) is 0.457. The van der Waals surface area contributed by atoms with E-state index >= 15 is 0 Å². The Balaban J connectivity index is 2.30. The summed E-state index contributed by atoms with van der Waals surface area (Å²) in [7, 11) is 0. The number of rotatable bonds is 6. The Labute approximate surface area is 117 Å². The van der Waals surface area contributed by atoms with Gasteiger partial charge in [0.15, 0.2) is 0 Å². The number of benzene rings is 1. The lowest BCUT2D eigenvalue weighted by atomic mass is 10.3. The van der Waals surface area contributed by atoms with Gasteiger partial charge in [-0.05, 0) is 25.1 Å². The molecule has 0 radical (unpaired) electrons. The van der Waals surface area contributed by atoms with E-state index in [0.717, 1.165) is 0 Å². The zero-order valence-corrected chi connectivity index (χ0v) is 11.4. The molecule has 1 aromatic carbocycles. The number of carbonyl (C=O) groups excluding carboxylic acids is 2. The zero-order chi connectivity index (χ0) is 14.1. The summed E-state index contributed by atoms with van der Waals surface area (Å²) < 4.78 is 9.87. The van der Waals surface area contributed by atoms with Crippen molar-refractivity contribution in [3.8, 4) is 5.75 Å². The summed E-state index contributed by atoms with van der Waals surface area (Å²) in [4.78, 5) is 22.7. The highest BCUT2D eigenvalue weighted by Gasteiger charge is 2.09. The summed E-state index contributed by atoms with van der Waals surface area (Å²) in [5.41, 5.74) is 0. The molecule has 0 spiro atoms. The maximum absolute atomic E-state index is 11.5. The van der Waals surface area contributed by atoms with Gasteiger partial charge in [0.25, 0.3) is 0 Å². The van der Waals surface area contributed by atoms with Crippen molar-refractivity contribution in [2.75, 3.05) is 6.61 Å². The van der Waals surface area contributed by atoms with Crippen LogP contribution >= 0.6 is 11.6 Å². The van der Waals surface area contributed by atoms with E-state index in [1.165, 1.54) is 6.07 Å².